The lowest BCUT2D eigenvalue weighted by atomic mass is 9.97. The Morgan fingerprint density at radius 3 is 2.53 bits per heavy atom. The highest BCUT2D eigenvalue weighted by molar-refractivity contribution is 9.10. The third kappa shape index (κ3) is 4.12. The van der Waals surface area contributed by atoms with E-state index in [1.165, 1.54) is 0 Å². The summed E-state index contributed by atoms with van der Waals surface area (Å²) in [7, 11) is 1.68. The van der Waals surface area contributed by atoms with Gasteiger partial charge in [-0.3, -0.25) is 0 Å². The Labute approximate surface area is 100 Å². The molecule has 0 radical (unpaired) electrons. The first-order chi connectivity index (χ1) is 6.92. The average Bonchev–Trinajstić information content (AvgIpc) is 2.15. The highest BCUT2D eigenvalue weighted by Crippen LogP contribution is 2.28. The molecule has 1 N–H and O–H groups in total. The summed E-state index contributed by atoms with van der Waals surface area (Å²) in [6, 6.07) is 5.92. The van der Waals surface area contributed by atoms with E-state index < -0.39 is 0 Å². The average molecular weight is 272 g/mol. The molecule has 0 aromatic heterocycles. The molecule has 0 fully saturated rings. The van der Waals surface area contributed by atoms with Crippen molar-refractivity contribution < 1.29 is 4.74 Å². The smallest absolute Gasteiger partial charge is 0.121 e. The summed E-state index contributed by atoms with van der Waals surface area (Å²) >= 11 is 3.51. The molecule has 0 heterocycles. The van der Waals surface area contributed by atoms with Crippen LogP contribution in [0.1, 0.15) is 20.8 Å². The van der Waals surface area contributed by atoms with E-state index in [1.807, 2.05) is 18.2 Å². The maximum Gasteiger partial charge on any atom is 0.121 e. The van der Waals surface area contributed by atoms with Crippen LogP contribution in [0.15, 0.2) is 22.7 Å². The van der Waals surface area contributed by atoms with E-state index in [-0.39, 0.29) is 5.41 Å². The van der Waals surface area contributed by atoms with Crippen LogP contribution >= 0.6 is 15.9 Å². The van der Waals surface area contributed by atoms with Crippen LogP contribution in [0.4, 0.5) is 5.69 Å². The van der Waals surface area contributed by atoms with E-state index >= 15 is 0 Å². The topological polar surface area (TPSA) is 21.3 Å². The van der Waals surface area contributed by atoms with E-state index in [2.05, 4.69) is 42.0 Å². The van der Waals surface area contributed by atoms with E-state index in [4.69, 9.17) is 4.74 Å². The zero-order chi connectivity index (χ0) is 11.5. The molecule has 1 aromatic carbocycles. The van der Waals surface area contributed by atoms with Gasteiger partial charge in [-0.1, -0.05) is 20.8 Å². The highest BCUT2D eigenvalue weighted by Gasteiger charge is 2.10. The summed E-state index contributed by atoms with van der Waals surface area (Å²) in [4.78, 5) is 0. The van der Waals surface area contributed by atoms with Crippen LogP contribution in [0.2, 0.25) is 0 Å². The van der Waals surface area contributed by atoms with Crippen molar-refractivity contribution in [1.29, 1.82) is 0 Å². The Bertz CT molecular complexity index is 331. The van der Waals surface area contributed by atoms with Crippen LogP contribution in [0.3, 0.4) is 0 Å². The van der Waals surface area contributed by atoms with Crippen molar-refractivity contribution in [2.45, 2.75) is 20.8 Å². The second kappa shape index (κ2) is 4.88. The maximum absolute atomic E-state index is 5.18. The first-order valence-electron chi connectivity index (χ1n) is 5.00. The van der Waals surface area contributed by atoms with Crippen molar-refractivity contribution in [3.05, 3.63) is 22.7 Å². The number of benzene rings is 1. The van der Waals surface area contributed by atoms with Gasteiger partial charge < -0.3 is 10.1 Å². The van der Waals surface area contributed by atoms with Gasteiger partial charge in [0.25, 0.3) is 0 Å². The van der Waals surface area contributed by atoms with E-state index in [0.717, 1.165) is 22.5 Å². The molecular weight excluding hydrogens is 254 g/mol. The van der Waals surface area contributed by atoms with Gasteiger partial charge in [0.05, 0.1) is 12.8 Å². The molecule has 0 saturated carbocycles. The maximum atomic E-state index is 5.18. The zero-order valence-corrected chi connectivity index (χ0v) is 11.3. The molecule has 0 spiro atoms. The van der Waals surface area contributed by atoms with E-state index in [9.17, 15) is 0 Å². The first-order valence-corrected chi connectivity index (χ1v) is 5.79. The molecule has 1 rings (SSSR count). The summed E-state index contributed by atoms with van der Waals surface area (Å²) in [5.74, 6) is 0.870. The molecular formula is C12H18BrNO. The Morgan fingerprint density at radius 2 is 2.00 bits per heavy atom. The van der Waals surface area contributed by atoms with Crippen LogP contribution in [-0.2, 0) is 0 Å². The van der Waals surface area contributed by atoms with Crippen molar-refractivity contribution in [3.8, 4) is 5.75 Å². The number of methoxy groups -OCH3 is 1. The summed E-state index contributed by atoms with van der Waals surface area (Å²) in [6.45, 7) is 7.54. The number of ether oxygens (including phenoxy) is 1. The lowest BCUT2D eigenvalue weighted by Gasteiger charge is -2.20. The minimum absolute atomic E-state index is 0.266. The molecule has 0 aliphatic rings. The molecule has 84 valence electrons. The fourth-order valence-corrected chi connectivity index (χ4v) is 1.51. The first kappa shape index (κ1) is 12.4. The molecule has 2 nitrogen and oxygen atoms in total. The summed E-state index contributed by atoms with van der Waals surface area (Å²) < 4.78 is 6.24. The second-order valence-electron chi connectivity index (χ2n) is 4.76. The SMILES string of the molecule is COc1ccc(Br)c(NCC(C)(C)C)c1. The number of anilines is 1. The fraction of sp³-hybridized carbons (Fsp3) is 0.500. The van der Waals surface area contributed by atoms with Crippen molar-refractivity contribution in [3.63, 3.8) is 0 Å². The van der Waals surface area contributed by atoms with Gasteiger partial charge in [-0.05, 0) is 33.5 Å². The van der Waals surface area contributed by atoms with E-state index in [0.29, 0.717) is 0 Å². The summed E-state index contributed by atoms with van der Waals surface area (Å²) in [6.07, 6.45) is 0. The van der Waals surface area contributed by atoms with Gasteiger partial charge in [0.15, 0.2) is 0 Å². The largest absolute Gasteiger partial charge is 0.497 e. The van der Waals surface area contributed by atoms with Crippen LogP contribution in [0, 0.1) is 5.41 Å². The molecule has 0 aliphatic heterocycles. The molecule has 15 heavy (non-hydrogen) atoms. The molecule has 0 saturated heterocycles. The Balaban J connectivity index is 2.75. The van der Waals surface area contributed by atoms with Crippen molar-refractivity contribution >= 4 is 21.6 Å². The number of nitrogens with one attached hydrogen (secondary N) is 1. The predicted molar refractivity (Wildman–Crippen MR) is 68.6 cm³/mol. The van der Waals surface area contributed by atoms with Gasteiger partial charge in [0.1, 0.15) is 5.75 Å². The van der Waals surface area contributed by atoms with Gasteiger partial charge in [-0.25, -0.2) is 0 Å². The van der Waals surface area contributed by atoms with E-state index in [1.54, 1.807) is 7.11 Å². The Kier molecular flexibility index (Phi) is 4.03. The number of rotatable bonds is 3. The molecule has 1 aromatic rings. The third-order valence-corrected chi connectivity index (χ3v) is 2.67. The van der Waals surface area contributed by atoms with Gasteiger partial charge in [0, 0.05) is 17.1 Å². The van der Waals surface area contributed by atoms with Crippen LogP contribution in [0.5, 0.6) is 5.75 Å². The minimum atomic E-state index is 0.266. The zero-order valence-electron chi connectivity index (χ0n) is 9.73. The Hall–Kier alpha value is -0.700. The minimum Gasteiger partial charge on any atom is -0.497 e. The molecule has 3 heteroatoms. The molecule has 0 bridgehead atoms. The highest BCUT2D eigenvalue weighted by atomic mass is 79.9. The lowest BCUT2D eigenvalue weighted by Crippen LogP contribution is -2.19. The number of halogens is 1. The van der Waals surface area contributed by atoms with Gasteiger partial charge in [0.2, 0.25) is 0 Å². The fourth-order valence-electron chi connectivity index (χ4n) is 1.13. The number of hydrogen-bond acceptors (Lipinski definition) is 2. The third-order valence-electron chi connectivity index (χ3n) is 1.98. The van der Waals surface area contributed by atoms with Crippen LogP contribution in [-0.4, -0.2) is 13.7 Å². The monoisotopic (exact) mass is 271 g/mol. The van der Waals surface area contributed by atoms with Crippen molar-refractivity contribution in [1.82, 2.24) is 0 Å². The van der Waals surface area contributed by atoms with Gasteiger partial charge in [-0.2, -0.15) is 0 Å². The van der Waals surface area contributed by atoms with Crippen LogP contribution in [0.25, 0.3) is 0 Å². The van der Waals surface area contributed by atoms with Gasteiger partial charge >= 0.3 is 0 Å². The standard InChI is InChI=1S/C12H18BrNO/c1-12(2,3)8-14-11-7-9(15-4)5-6-10(11)13/h5-7,14H,8H2,1-4H3. The summed E-state index contributed by atoms with van der Waals surface area (Å²) in [5, 5.41) is 3.40. The van der Waals surface area contributed by atoms with Gasteiger partial charge in [-0.15, -0.1) is 0 Å². The summed E-state index contributed by atoms with van der Waals surface area (Å²) in [5.41, 5.74) is 1.34. The normalized spacial score (nSPS) is 11.3. The molecule has 0 unspecified atom stereocenters. The quantitative estimate of drug-likeness (QED) is 0.900. The molecule has 0 amide bonds. The second-order valence-corrected chi connectivity index (χ2v) is 5.61. The predicted octanol–water partition coefficient (Wildman–Crippen LogP) is 3.92. The number of hydrogen-bond donors (Lipinski definition) is 1. The van der Waals surface area contributed by atoms with Crippen LogP contribution < -0.4 is 10.1 Å². The Morgan fingerprint density at radius 1 is 1.33 bits per heavy atom. The lowest BCUT2D eigenvalue weighted by molar-refractivity contribution is 0.414. The molecule has 0 atom stereocenters. The molecule has 0 aliphatic carbocycles. The van der Waals surface area contributed by atoms with Crippen molar-refractivity contribution in [2.24, 2.45) is 5.41 Å². The van der Waals surface area contributed by atoms with Crippen molar-refractivity contribution in [2.75, 3.05) is 19.0 Å².